The number of methoxy groups -OCH3 is 2. The number of nitro benzene ring substituents is 1. The van der Waals surface area contributed by atoms with Crippen LogP contribution >= 0.6 is 15.9 Å². The number of hydrogen-bond acceptors (Lipinski definition) is 7. The molecular weight excluding hydrogens is 530 g/mol. The number of carbonyl (C=O) groups is 1. The number of carbonyl (C=O) groups excluding carboxylic acids is 1. The Morgan fingerprint density at radius 2 is 1.81 bits per heavy atom. The highest BCUT2D eigenvalue weighted by Gasteiger charge is 2.17. The summed E-state index contributed by atoms with van der Waals surface area (Å²) in [6, 6.07) is 16.9. The molecule has 0 aliphatic carbocycles. The molecule has 0 atom stereocenters. The van der Waals surface area contributed by atoms with Gasteiger partial charge in [-0.3, -0.25) is 14.9 Å². The second-order valence-corrected chi connectivity index (χ2v) is 8.43. The van der Waals surface area contributed by atoms with Crippen LogP contribution in [0.5, 0.6) is 17.2 Å². The van der Waals surface area contributed by atoms with Crippen molar-refractivity contribution in [2.24, 2.45) is 0 Å². The number of nitro groups is 1. The molecule has 184 valence electrons. The van der Waals surface area contributed by atoms with Gasteiger partial charge in [0.05, 0.1) is 29.3 Å². The predicted octanol–water partition coefficient (Wildman–Crippen LogP) is 5.81. The van der Waals surface area contributed by atoms with Crippen molar-refractivity contribution < 1.29 is 23.9 Å². The van der Waals surface area contributed by atoms with E-state index in [0.717, 1.165) is 17.2 Å². The number of non-ortho nitro benzene ring substituents is 1. The standard InChI is InChI=1S/C26H22BrN3O6/c1-16-4-6-17(7-5-16)15-36-25-21(27)11-18(12-24(25)35-3)10-19(14-28)26(31)29-22-13-20(30(32)33)8-9-23(22)34-2/h4-13H,15H2,1-3H3,(H,29,31)/b19-10+. The minimum absolute atomic E-state index is 0.0662. The molecule has 0 bridgehead atoms. The van der Waals surface area contributed by atoms with E-state index < -0.39 is 10.8 Å². The Hall–Kier alpha value is -4.36. The van der Waals surface area contributed by atoms with Gasteiger partial charge < -0.3 is 19.5 Å². The van der Waals surface area contributed by atoms with E-state index in [-0.39, 0.29) is 22.7 Å². The zero-order chi connectivity index (χ0) is 26.2. The van der Waals surface area contributed by atoms with Gasteiger partial charge in [-0.2, -0.15) is 5.26 Å². The van der Waals surface area contributed by atoms with Gasteiger partial charge in [0.15, 0.2) is 11.5 Å². The Bertz CT molecular complexity index is 1360. The third-order valence-corrected chi connectivity index (χ3v) is 5.66. The normalized spacial score (nSPS) is 10.8. The number of nitrogens with one attached hydrogen (secondary N) is 1. The highest BCUT2D eigenvalue weighted by Crippen LogP contribution is 2.38. The van der Waals surface area contributed by atoms with Crippen molar-refractivity contribution >= 4 is 39.3 Å². The lowest BCUT2D eigenvalue weighted by molar-refractivity contribution is -0.384. The Morgan fingerprint density at radius 3 is 2.42 bits per heavy atom. The summed E-state index contributed by atoms with van der Waals surface area (Å²) in [5.41, 5.74) is 2.23. The van der Waals surface area contributed by atoms with Gasteiger partial charge in [0, 0.05) is 12.1 Å². The highest BCUT2D eigenvalue weighted by molar-refractivity contribution is 9.10. The zero-order valence-electron chi connectivity index (χ0n) is 19.7. The molecule has 10 heteroatoms. The number of halogens is 1. The maximum Gasteiger partial charge on any atom is 0.271 e. The van der Waals surface area contributed by atoms with Crippen LogP contribution in [-0.2, 0) is 11.4 Å². The number of aryl methyl sites for hydroxylation is 1. The van der Waals surface area contributed by atoms with Crippen molar-refractivity contribution in [3.05, 3.63) is 91.4 Å². The molecule has 0 radical (unpaired) electrons. The molecule has 0 aliphatic heterocycles. The Morgan fingerprint density at radius 1 is 1.11 bits per heavy atom. The van der Waals surface area contributed by atoms with Gasteiger partial charge in [0.1, 0.15) is 24.0 Å². The molecule has 1 N–H and O–H groups in total. The molecule has 9 nitrogen and oxygen atoms in total. The molecule has 3 rings (SSSR count). The molecule has 1 amide bonds. The van der Waals surface area contributed by atoms with E-state index in [4.69, 9.17) is 14.2 Å². The molecule has 0 heterocycles. The third kappa shape index (κ3) is 6.40. The summed E-state index contributed by atoms with van der Waals surface area (Å²) in [5.74, 6) is 0.331. The average molecular weight is 552 g/mol. The van der Waals surface area contributed by atoms with Crippen molar-refractivity contribution in [1.29, 1.82) is 5.26 Å². The van der Waals surface area contributed by atoms with Crippen molar-refractivity contribution in [1.82, 2.24) is 0 Å². The Balaban J connectivity index is 1.85. The minimum Gasteiger partial charge on any atom is -0.495 e. The lowest BCUT2D eigenvalue weighted by Gasteiger charge is -2.14. The van der Waals surface area contributed by atoms with Crippen LogP contribution in [0.25, 0.3) is 6.08 Å². The van der Waals surface area contributed by atoms with Gasteiger partial charge in [-0.25, -0.2) is 0 Å². The van der Waals surface area contributed by atoms with Crippen molar-refractivity contribution in [3.8, 4) is 23.3 Å². The van der Waals surface area contributed by atoms with E-state index in [1.54, 1.807) is 12.1 Å². The maximum atomic E-state index is 12.8. The maximum absolute atomic E-state index is 12.8. The second kappa shape index (κ2) is 11.9. The van der Waals surface area contributed by atoms with Crippen LogP contribution in [0.2, 0.25) is 0 Å². The summed E-state index contributed by atoms with van der Waals surface area (Å²) < 4.78 is 17.1. The van der Waals surface area contributed by atoms with Crippen LogP contribution in [0.4, 0.5) is 11.4 Å². The summed E-state index contributed by atoms with van der Waals surface area (Å²) in [4.78, 5) is 23.3. The molecular formula is C26H22BrN3O6. The van der Waals surface area contributed by atoms with Gasteiger partial charge >= 0.3 is 0 Å². The van der Waals surface area contributed by atoms with E-state index in [2.05, 4.69) is 21.2 Å². The molecule has 0 spiro atoms. The van der Waals surface area contributed by atoms with Crippen molar-refractivity contribution in [2.45, 2.75) is 13.5 Å². The SMILES string of the molecule is COc1ccc([N+](=O)[O-])cc1NC(=O)/C(C#N)=C/c1cc(Br)c(OCc2ccc(C)cc2)c(OC)c1. The number of anilines is 1. The number of nitrogens with zero attached hydrogens (tertiary/aromatic N) is 2. The van der Waals surface area contributed by atoms with Crippen molar-refractivity contribution in [3.63, 3.8) is 0 Å². The van der Waals surface area contributed by atoms with Crippen LogP contribution in [-0.4, -0.2) is 25.1 Å². The fourth-order valence-corrected chi connectivity index (χ4v) is 3.79. The number of hydrogen-bond donors (Lipinski definition) is 1. The highest BCUT2D eigenvalue weighted by atomic mass is 79.9. The summed E-state index contributed by atoms with van der Waals surface area (Å²) >= 11 is 3.47. The number of nitriles is 1. The first-order valence-electron chi connectivity index (χ1n) is 10.6. The molecule has 3 aromatic rings. The molecule has 36 heavy (non-hydrogen) atoms. The van der Waals surface area contributed by atoms with E-state index in [1.807, 2.05) is 37.3 Å². The Labute approximate surface area is 216 Å². The van der Waals surface area contributed by atoms with E-state index in [0.29, 0.717) is 28.1 Å². The lowest BCUT2D eigenvalue weighted by atomic mass is 10.1. The smallest absolute Gasteiger partial charge is 0.271 e. The molecule has 0 unspecified atom stereocenters. The fourth-order valence-electron chi connectivity index (χ4n) is 3.22. The third-order valence-electron chi connectivity index (χ3n) is 5.07. The van der Waals surface area contributed by atoms with Gasteiger partial charge in [0.25, 0.3) is 11.6 Å². The van der Waals surface area contributed by atoms with Gasteiger partial charge in [0.2, 0.25) is 0 Å². The molecule has 0 saturated heterocycles. The lowest BCUT2D eigenvalue weighted by Crippen LogP contribution is -2.14. The minimum atomic E-state index is -0.758. The van der Waals surface area contributed by atoms with Crippen LogP contribution in [0.1, 0.15) is 16.7 Å². The molecule has 0 aromatic heterocycles. The summed E-state index contributed by atoms with van der Waals surface area (Å²) in [6.07, 6.45) is 1.37. The number of amides is 1. The molecule has 0 fully saturated rings. The fraction of sp³-hybridized carbons (Fsp3) is 0.154. The van der Waals surface area contributed by atoms with Gasteiger partial charge in [-0.1, -0.05) is 29.8 Å². The van der Waals surface area contributed by atoms with Gasteiger partial charge in [-0.05, 0) is 58.3 Å². The summed E-state index contributed by atoms with van der Waals surface area (Å²) in [7, 11) is 2.85. The van der Waals surface area contributed by atoms with Crippen LogP contribution < -0.4 is 19.5 Å². The quantitative estimate of drug-likeness (QED) is 0.154. The summed E-state index contributed by atoms with van der Waals surface area (Å²) in [5, 5.41) is 23.2. The first-order valence-corrected chi connectivity index (χ1v) is 11.4. The van der Waals surface area contributed by atoms with E-state index >= 15 is 0 Å². The number of rotatable bonds is 9. The molecule has 0 saturated carbocycles. The zero-order valence-corrected chi connectivity index (χ0v) is 21.3. The number of ether oxygens (including phenoxy) is 3. The monoisotopic (exact) mass is 551 g/mol. The second-order valence-electron chi connectivity index (χ2n) is 7.57. The summed E-state index contributed by atoms with van der Waals surface area (Å²) in [6.45, 7) is 2.33. The van der Waals surface area contributed by atoms with Crippen LogP contribution in [0.15, 0.2) is 64.6 Å². The predicted molar refractivity (Wildman–Crippen MR) is 138 cm³/mol. The average Bonchev–Trinajstić information content (AvgIpc) is 2.87. The Kier molecular flexibility index (Phi) is 8.65. The first kappa shape index (κ1) is 26.2. The van der Waals surface area contributed by atoms with Gasteiger partial charge in [-0.15, -0.1) is 0 Å². The van der Waals surface area contributed by atoms with Crippen LogP contribution in [0.3, 0.4) is 0 Å². The topological polar surface area (TPSA) is 124 Å². The first-order chi connectivity index (χ1) is 17.2. The molecule has 0 aliphatic rings. The molecule has 3 aromatic carbocycles. The van der Waals surface area contributed by atoms with Crippen LogP contribution in [0, 0.1) is 28.4 Å². The van der Waals surface area contributed by atoms with E-state index in [1.165, 1.54) is 32.4 Å². The van der Waals surface area contributed by atoms with E-state index in [9.17, 15) is 20.2 Å². The van der Waals surface area contributed by atoms with Crippen molar-refractivity contribution in [2.75, 3.05) is 19.5 Å². The largest absolute Gasteiger partial charge is 0.495 e. The number of benzene rings is 3.